The summed E-state index contributed by atoms with van der Waals surface area (Å²) in [5.74, 6) is 0. The number of allylic oxidation sites excluding steroid dienone is 3. The third-order valence-electron chi connectivity index (χ3n) is 3.25. The van der Waals surface area contributed by atoms with Crippen LogP contribution < -0.4 is 0 Å². The number of benzene rings is 1. The predicted molar refractivity (Wildman–Crippen MR) is 74.1 cm³/mol. The SMILES string of the molecule is Cc1cc(C)cc(CC(C)(C)C2=C=CC=C2)c1. The largest absolute Gasteiger partial charge is 0.117 e. The van der Waals surface area contributed by atoms with E-state index in [1.807, 2.05) is 6.08 Å². The van der Waals surface area contributed by atoms with Crippen LogP contribution in [0.1, 0.15) is 30.5 Å². The van der Waals surface area contributed by atoms with Crippen LogP contribution in [0, 0.1) is 19.3 Å². The highest BCUT2D eigenvalue weighted by Crippen LogP contribution is 2.32. The van der Waals surface area contributed by atoms with Crippen LogP contribution in [0.3, 0.4) is 0 Å². The number of hydrogen-bond acceptors (Lipinski definition) is 0. The molecule has 0 spiro atoms. The maximum atomic E-state index is 3.33. The second-order valence-electron chi connectivity index (χ2n) is 5.64. The van der Waals surface area contributed by atoms with Gasteiger partial charge in [-0.05, 0) is 37.5 Å². The van der Waals surface area contributed by atoms with Gasteiger partial charge in [0.1, 0.15) is 0 Å². The van der Waals surface area contributed by atoms with Gasteiger partial charge in [0, 0.05) is 5.41 Å². The number of aryl methyl sites for hydroxylation is 2. The molecule has 0 nitrogen and oxygen atoms in total. The summed E-state index contributed by atoms with van der Waals surface area (Å²) in [4.78, 5) is 0. The zero-order valence-electron chi connectivity index (χ0n) is 11.2. The summed E-state index contributed by atoms with van der Waals surface area (Å²) in [5, 5.41) is 0. The molecule has 17 heavy (non-hydrogen) atoms. The second-order valence-corrected chi connectivity index (χ2v) is 5.64. The number of rotatable bonds is 3. The van der Waals surface area contributed by atoms with Gasteiger partial charge in [0.25, 0.3) is 0 Å². The van der Waals surface area contributed by atoms with E-state index in [-0.39, 0.29) is 5.41 Å². The van der Waals surface area contributed by atoms with E-state index < -0.39 is 0 Å². The molecule has 1 aliphatic rings. The molecule has 1 aromatic rings. The Bertz CT molecular complexity index is 501. The van der Waals surface area contributed by atoms with Crippen LogP contribution >= 0.6 is 0 Å². The van der Waals surface area contributed by atoms with Crippen LogP contribution in [0.15, 0.2) is 47.7 Å². The molecule has 0 heterocycles. The topological polar surface area (TPSA) is 0 Å². The van der Waals surface area contributed by atoms with Crippen molar-refractivity contribution in [1.82, 2.24) is 0 Å². The first kappa shape index (κ1) is 12.0. The Morgan fingerprint density at radius 1 is 1.06 bits per heavy atom. The van der Waals surface area contributed by atoms with Gasteiger partial charge in [-0.2, -0.15) is 0 Å². The van der Waals surface area contributed by atoms with Crippen molar-refractivity contribution >= 4 is 0 Å². The van der Waals surface area contributed by atoms with Crippen molar-refractivity contribution in [3.05, 3.63) is 64.4 Å². The Labute approximate surface area is 104 Å². The molecule has 1 aliphatic carbocycles. The predicted octanol–water partition coefficient (Wildman–Crippen LogP) is 4.52. The number of hydrogen-bond donors (Lipinski definition) is 0. The van der Waals surface area contributed by atoms with Crippen molar-refractivity contribution in [3.8, 4) is 0 Å². The van der Waals surface area contributed by atoms with Gasteiger partial charge in [0.15, 0.2) is 0 Å². The Kier molecular flexibility index (Phi) is 3.09. The van der Waals surface area contributed by atoms with E-state index in [1.54, 1.807) is 0 Å². The molecule has 2 rings (SSSR count). The van der Waals surface area contributed by atoms with Crippen molar-refractivity contribution in [2.45, 2.75) is 34.1 Å². The lowest BCUT2D eigenvalue weighted by Gasteiger charge is -2.24. The fourth-order valence-electron chi connectivity index (χ4n) is 2.53. The highest BCUT2D eigenvalue weighted by atomic mass is 14.3. The minimum absolute atomic E-state index is 0.156. The minimum atomic E-state index is 0.156. The molecule has 0 heteroatoms. The average molecular weight is 224 g/mol. The van der Waals surface area contributed by atoms with E-state index in [2.05, 4.69) is 63.8 Å². The van der Waals surface area contributed by atoms with Crippen molar-refractivity contribution in [2.75, 3.05) is 0 Å². The van der Waals surface area contributed by atoms with Gasteiger partial charge in [-0.15, -0.1) is 5.73 Å². The van der Waals surface area contributed by atoms with Gasteiger partial charge in [0.2, 0.25) is 0 Å². The molecule has 0 N–H and O–H groups in total. The van der Waals surface area contributed by atoms with Gasteiger partial charge >= 0.3 is 0 Å². The van der Waals surface area contributed by atoms with Gasteiger partial charge in [-0.1, -0.05) is 55.3 Å². The fourth-order valence-corrected chi connectivity index (χ4v) is 2.53. The third kappa shape index (κ3) is 2.78. The molecule has 0 unspecified atom stereocenters. The third-order valence-corrected chi connectivity index (χ3v) is 3.25. The normalized spacial score (nSPS) is 14.2. The fraction of sp³-hybridized carbons (Fsp3) is 0.353. The smallest absolute Gasteiger partial charge is 0.00101 e. The van der Waals surface area contributed by atoms with Crippen LogP contribution in [-0.2, 0) is 6.42 Å². The van der Waals surface area contributed by atoms with Crippen LogP contribution in [0.5, 0.6) is 0 Å². The Hall–Kier alpha value is -1.52. The Balaban J connectivity index is 2.25. The van der Waals surface area contributed by atoms with Crippen LogP contribution in [0.2, 0.25) is 0 Å². The summed E-state index contributed by atoms with van der Waals surface area (Å²) in [7, 11) is 0. The highest BCUT2D eigenvalue weighted by Gasteiger charge is 2.23. The second kappa shape index (κ2) is 4.39. The van der Waals surface area contributed by atoms with E-state index in [0.717, 1.165) is 6.42 Å². The summed E-state index contributed by atoms with van der Waals surface area (Å²) in [5.41, 5.74) is 8.90. The molecular weight excluding hydrogens is 204 g/mol. The lowest BCUT2D eigenvalue weighted by atomic mass is 9.79. The van der Waals surface area contributed by atoms with Gasteiger partial charge in [-0.25, -0.2) is 0 Å². The summed E-state index contributed by atoms with van der Waals surface area (Å²) in [6.07, 6.45) is 7.30. The molecule has 0 amide bonds. The highest BCUT2D eigenvalue weighted by molar-refractivity contribution is 5.36. The standard InChI is InChI=1S/C17H20/c1-13-9-14(2)11-15(10-13)12-17(3,4)16-7-5-6-8-16/h5-7,9-11H,12H2,1-4H3. The van der Waals surface area contributed by atoms with Crippen LogP contribution in [0.4, 0.5) is 0 Å². The minimum Gasteiger partial charge on any atom is -0.117 e. The molecule has 1 aromatic carbocycles. The molecule has 88 valence electrons. The van der Waals surface area contributed by atoms with Crippen LogP contribution in [0.25, 0.3) is 0 Å². The van der Waals surface area contributed by atoms with Gasteiger partial charge in [0.05, 0.1) is 0 Å². The van der Waals surface area contributed by atoms with E-state index in [4.69, 9.17) is 0 Å². The molecule has 0 atom stereocenters. The van der Waals surface area contributed by atoms with E-state index in [9.17, 15) is 0 Å². The first-order chi connectivity index (χ1) is 7.97. The van der Waals surface area contributed by atoms with Crippen molar-refractivity contribution in [2.24, 2.45) is 5.41 Å². The molecular formula is C17H20. The first-order valence-corrected chi connectivity index (χ1v) is 6.18. The van der Waals surface area contributed by atoms with Crippen molar-refractivity contribution in [3.63, 3.8) is 0 Å². The lowest BCUT2D eigenvalue weighted by Crippen LogP contribution is -2.16. The molecule has 0 aromatic heterocycles. The zero-order valence-corrected chi connectivity index (χ0v) is 11.2. The lowest BCUT2D eigenvalue weighted by molar-refractivity contribution is 0.456. The van der Waals surface area contributed by atoms with Crippen LogP contribution in [-0.4, -0.2) is 0 Å². The first-order valence-electron chi connectivity index (χ1n) is 6.18. The molecule has 0 fully saturated rings. The summed E-state index contributed by atoms with van der Waals surface area (Å²) in [6, 6.07) is 6.81. The van der Waals surface area contributed by atoms with Gasteiger partial charge < -0.3 is 0 Å². The molecule has 0 bridgehead atoms. The zero-order chi connectivity index (χ0) is 12.5. The quantitative estimate of drug-likeness (QED) is 0.662. The monoisotopic (exact) mass is 224 g/mol. The maximum absolute atomic E-state index is 3.33. The average Bonchev–Trinajstić information content (AvgIpc) is 2.67. The van der Waals surface area contributed by atoms with E-state index in [1.165, 1.54) is 22.3 Å². The molecule has 0 saturated carbocycles. The maximum Gasteiger partial charge on any atom is 0.00101 e. The summed E-state index contributed by atoms with van der Waals surface area (Å²) < 4.78 is 0. The molecule has 0 saturated heterocycles. The summed E-state index contributed by atoms with van der Waals surface area (Å²) >= 11 is 0. The van der Waals surface area contributed by atoms with Gasteiger partial charge in [-0.3, -0.25) is 0 Å². The van der Waals surface area contributed by atoms with E-state index in [0.29, 0.717) is 0 Å². The summed E-state index contributed by atoms with van der Waals surface area (Å²) in [6.45, 7) is 8.91. The van der Waals surface area contributed by atoms with Crippen molar-refractivity contribution in [1.29, 1.82) is 0 Å². The molecule has 0 radical (unpaired) electrons. The Morgan fingerprint density at radius 2 is 1.71 bits per heavy atom. The Morgan fingerprint density at radius 3 is 2.24 bits per heavy atom. The molecule has 0 aliphatic heterocycles. The van der Waals surface area contributed by atoms with Crippen molar-refractivity contribution < 1.29 is 0 Å². The van der Waals surface area contributed by atoms with E-state index >= 15 is 0 Å².